The smallest absolute Gasteiger partial charge is 0.351 e. The number of anilines is 1. The van der Waals surface area contributed by atoms with E-state index in [1.165, 1.54) is 0 Å². The van der Waals surface area contributed by atoms with Gasteiger partial charge < -0.3 is 25.8 Å². The van der Waals surface area contributed by atoms with E-state index in [-0.39, 0.29) is 11.4 Å². The van der Waals surface area contributed by atoms with Gasteiger partial charge in [-0.2, -0.15) is 4.98 Å². The standard InChI is InChI=1S/C13H13N3O5/c1-3-7-5-16(12(20)15-10(7)14)11-8(18)9(19)13(4-2,6-17)21-11/h1-2,5,8-9,11,17-19H,6H2,(H2,14,15,20)/t8-,9-,11+,13+/m0/s1. The molecule has 5 N–H and O–H groups in total. The van der Waals surface area contributed by atoms with E-state index >= 15 is 0 Å². The summed E-state index contributed by atoms with van der Waals surface area (Å²) in [6, 6.07) is 0. The normalized spacial score (nSPS) is 31.6. The minimum absolute atomic E-state index is 0.113. The number of hydrogen-bond donors (Lipinski definition) is 4. The highest BCUT2D eigenvalue weighted by Gasteiger charge is 2.54. The van der Waals surface area contributed by atoms with Crippen LogP contribution < -0.4 is 11.4 Å². The Bertz CT molecular complexity index is 701. The Hall–Kier alpha value is -2.36. The van der Waals surface area contributed by atoms with E-state index in [4.69, 9.17) is 23.3 Å². The lowest BCUT2D eigenvalue weighted by Gasteiger charge is -2.23. The Morgan fingerprint density at radius 1 is 1.52 bits per heavy atom. The molecule has 1 saturated heterocycles. The fourth-order valence-electron chi connectivity index (χ4n) is 2.08. The van der Waals surface area contributed by atoms with E-state index in [1.54, 1.807) is 0 Å². The number of nitrogen functional groups attached to an aromatic ring is 1. The number of ether oxygens (including phenoxy) is 1. The van der Waals surface area contributed by atoms with Crippen molar-refractivity contribution < 1.29 is 20.1 Å². The topological polar surface area (TPSA) is 131 Å². The first kappa shape index (κ1) is 15.0. The van der Waals surface area contributed by atoms with Crippen molar-refractivity contribution in [2.75, 3.05) is 12.3 Å². The lowest BCUT2D eigenvalue weighted by molar-refractivity contribution is -0.0936. The minimum Gasteiger partial charge on any atom is -0.392 e. The molecule has 8 nitrogen and oxygen atoms in total. The van der Waals surface area contributed by atoms with E-state index in [0.717, 1.165) is 10.8 Å². The summed E-state index contributed by atoms with van der Waals surface area (Å²) in [5.74, 6) is 4.17. The van der Waals surface area contributed by atoms with Gasteiger partial charge in [0, 0.05) is 6.20 Å². The molecule has 110 valence electrons. The van der Waals surface area contributed by atoms with Crippen molar-refractivity contribution in [1.29, 1.82) is 0 Å². The molecule has 1 aromatic rings. The molecule has 0 radical (unpaired) electrons. The van der Waals surface area contributed by atoms with Crippen LogP contribution in [0.3, 0.4) is 0 Å². The highest BCUT2D eigenvalue weighted by molar-refractivity contribution is 5.47. The van der Waals surface area contributed by atoms with Crippen LogP contribution in [0.5, 0.6) is 0 Å². The fraction of sp³-hybridized carbons (Fsp3) is 0.385. The summed E-state index contributed by atoms with van der Waals surface area (Å²) in [6.07, 6.45) is 7.12. The number of aliphatic hydroxyl groups is 3. The Labute approximate surface area is 119 Å². The molecular formula is C13H13N3O5. The summed E-state index contributed by atoms with van der Waals surface area (Å²) >= 11 is 0. The molecule has 21 heavy (non-hydrogen) atoms. The number of terminal acetylenes is 2. The predicted octanol–water partition coefficient (Wildman–Crippen LogP) is -2.58. The molecule has 1 aliphatic rings. The van der Waals surface area contributed by atoms with Gasteiger partial charge in [0.25, 0.3) is 0 Å². The zero-order chi connectivity index (χ0) is 15.8. The van der Waals surface area contributed by atoms with E-state index in [0.29, 0.717) is 0 Å². The second-order valence-corrected chi connectivity index (χ2v) is 4.51. The summed E-state index contributed by atoms with van der Waals surface area (Å²) in [5.41, 5.74) is 2.93. The number of hydrogen-bond acceptors (Lipinski definition) is 7. The Balaban J connectivity index is 2.52. The molecule has 1 aromatic heterocycles. The van der Waals surface area contributed by atoms with Crippen LogP contribution in [-0.2, 0) is 4.74 Å². The second-order valence-electron chi connectivity index (χ2n) is 4.51. The summed E-state index contributed by atoms with van der Waals surface area (Å²) in [7, 11) is 0. The molecule has 0 aromatic carbocycles. The summed E-state index contributed by atoms with van der Waals surface area (Å²) in [5, 5.41) is 29.2. The molecule has 0 amide bonds. The first-order valence-electron chi connectivity index (χ1n) is 5.88. The molecule has 2 heterocycles. The van der Waals surface area contributed by atoms with Crippen LogP contribution in [0, 0.1) is 24.7 Å². The van der Waals surface area contributed by atoms with Gasteiger partial charge in [-0.3, -0.25) is 4.57 Å². The van der Waals surface area contributed by atoms with Crippen LogP contribution in [0.2, 0.25) is 0 Å². The maximum atomic E-state index is 11.9. The van der Waals surface area contributed by atoms with Crippen molar-refractivity contribution in [3.8, 4) is 24.7 Å². The third-order valence-corrected chi connectivity index (χ3v) is 3.31. The average molecular weight is 291 g/mol. The lowest BCUT2D eigenvalue weighted by atomic mass is 9.97. The van der Waals surface area contributed by atoms with Gasteiger partial charge in [-0.1, -0.05) is 11.8 Å². The molecule has 2 rings (SSSR count). The highest BCUT2D eigenvalue weighted by atomic mass is 16.6. The summed E-state index contributed by atoms with van der Waals surface area (Å²) in [6.45, 7) is -0.739. The number of nitrogens with zero attached hydrogens (tertiary/aromatic N) is 2. The average Bonchev–Trinajstić information content (AvgIpc) is 2.73. The fourth-order valence-corrected chi connectivity index (χ4v) is 2.08. The third-order valence-electron chi connectivity index (χ3n) is 3.31. The lowest BCUT2D eigenvalue weighted by Crippen LogP contribution is -2.45. The second kappa shape index (κ2) is 5.20. The van der Waals surface area contributed by atoms with Crippen molar-refractivity contribution in [2.24, 2.45) is 0 Å². The highest BCUT2D eigenvalue weighted by Crippen LogP contribution is 2.36. The van der Waals surface area contributed by atoms with Gasteiger partial charge in [0.2, 0.25) is 0 Å². The predicted molar refractivity (Wildman–Crippen MR) is 71.6 cm³/mol. The van der Waals surface area contributed by atoms with Crippen LogP contribution in [0.15, 0.2) is 11.0 Å². The Morgan fingerprint density at radius 2 is 2.19 bits per heavy atom. The quantitative estimate of drug-likeness (QED) is 0.440. The maximum absolute atomic E-state index is 11.9. The molecule has 0 bridgehead atoms. The van der Waals surface area contributed by atoms with E-state index in [2.05, 4.69) is 16.8 Å². The molecule has 0 spiro atoms. The van der Waals surface area contributed by atoms with Crippen LogP contribution in [0.1, 0.15) is 11.8 Å². The Morgan fingerprint density at radius 3 is 2.67 bits per heavy atom. The third kappa shape index (κ3) is 2.17. The minimum atomic E-state index is -1.82. The monoisotopic (exact) mass is 291 g/mol. The molecule has 0 saturated carbocycles. The van der Waals surface area contributed by atoms with Crippen LogP contribution in [0.4, 0.5) is 5.82 Å². The maximum Gasteiger partial charge on any atom is 0.351 e. The SMILES string of the molecule is C#Cc1cn([C@@H]2O[C@](C#C)(CO)[C@@H](O)[C@@H]2O)c(=O)nc1N. The van der Waals surface area contributed by atoms with E-state index in [9.17, 15) is 20.1 Å². The van der Waals surface area contributed by atoms with Gasteiger partial charge >= 0.3 is 5.69 Å². The van der Waals surface area contributed by atoms with Gasteiger partial charge in [-0.05, 0) is 0 Å². The Kier molecular flexibility index (Phi) is 3.73. The van der Waals surface area contributed by atoms with Crippen molar-refractivity contribution in [3.63, 3.8) is 0 Å². The van der Waals surface area contributed by atoms with Gasteiger partial charge in [0.1, 0.15) is 18.0 Å². The molecule has 0 unspecified atom stereocenters. The molecule has 1 aliphatic heterocycles. The summed E-state index contributed by atoms with van der Waals surface area (Å²) in [4.78, 5) is 15.4. The van der Waals surface area contributed by atoms with Gasteiger partial charge in [-0.15, -0.1) is 12.8 Å². The van der Waals surface area contributed by atoms with Crippen LogP contribution in [0.25, 0.3) is 0 Å². The number of nitrogens with two attached hydrogens (primary N) is 1. The first-order valence-corrected chi connectivity index (χ1v) is 5.88. The van der Waals surface area contributed by atoms with Crippen molar-refractivity contribution in [3.05, 3.63) is 22.2 Å². The zero-order valence-electron chi connectivity index (χ0n) is 10.8. The first-order chi connectivity index (χ1) is 9.90. The van der Waals surface area contributed by atoms with Gasteiger partial charge in [0.15, 0.2) is 11.8 Å². The van der Waals surface area contributed by atoms with E-state index in [1.807, 2.05) is 0 Å². The zero-order valence-corrected chi connectivity index (χ0v) is 10.8. The summed E-state index contributed by atoms with van der Waals surface area (Å²) < 4.78 is 6.17. The van der Waals surface area contributed by atoms with Crippen molar-refractivity contribution in [1.82, 2.24) is 9.55 Å². The molecule has 0 aliphatic carbocycles. The molecule has 1 fully saturated rings. The van der Waals surface area contributed by atoms with Crippen LogP contribution in [-0.4, -0.2) is 49.3 Å². The number of aliphatic hydroxyl groups excluding tert-OH is 3. The van der Waals surface area contributed by atoms with Gasteiger partial charge in [-0.25, -0.2) is 4.79 Å². The molecule has 8 heteroatoms. The number of rotatable bonds is 2. The van der Waals surface area contributed by atoms with Crippen molar-refractivity contribution in [2.45, 2.75) is 24.0 Å². The van der Waals surface area contributed by atoms with Crippen LogP contribution >= 0.6 is 0 Å². The molecule has 4 atom stereocenters. The van der Waals surface area contributed by atoms with Gasteiger partial charge in [0.05, 0.1) is 12.2 Å². The van der Waals surface area contributed by atoms with Crippen molar-refractivity contribution >= 4 is 5.82 Å². The van der Waals surface area contributed by atoms with E-state index < -0.39 is 36.3 Å². The largest absolute Gasteiger partial charge is 0.392 e. The molecular weight excluding hydrogens is 278 g/mol. The number of aromatic nitrogens is 2.